The summed E-state index contributed by atoms with van der Waals surface area (Å²) in [5.74, 6) is 0.0738. The summed E-state index contributed by atoms with van der Waals surface area (Å²) in [5, 5.41) is 16.9. The minimum atomic E-state index is -0.606. The second-order valence-corrected chi connectivity index (χ2v) is 10.9. The average molecular weight is 674 g/mol. The van der Waals surface area contributed by atoms with E-state index in [0.717, 1.165) is 24.6 Å². The van der Waals surface area contributed by atoms with Crippen molar-refractivity contribution in [2.24, 2.45) is 5.92 Å². The fourth-order valence-corrected chi connectivity index (χ4v) is 4.80. The van der Waals surface area contributed by atoms with Crippen LogP contribution >= 0.6 is 11.8 Å². The van der Waals surface area contributed by atoms with Crippen molar-refractivity contribution in [3.05, 3.63) is 27.8 Å². The summed E-state index contributed by atoms with van der Waals surface area (Å²) in [6.45, 7) is 7.38. The SMILES string of the molecule is CCC(CC)C(=O)NCCNC(=O)CCCOc1cc2c([N+](=O)[O-])cc1OCCOCCOCCOCCOCCOC(=O)SC2. The topological polar surface area (TPSA) is 183 Å². The van der Waals surface area contributed by atoms with Crippen LogP contribution in [0.25, 0.3) is 0 Å². The van der Waals surface area contributed by atoms with Gasteiger partial charge in [-0.3, -0.25) is 19.7 Å². The van der Waals surface area contributed by atoms with Crippen LogP contribution in [0.3, 0.4) is 0 Å². The van der Waals surface area contributed by atoms with E-state index in [9.17, 15) is 24.5 Å². The summed E-state index contributed by atoms with van der Waals surface area (Å²) in [6, 6.07) is 2.72. The molecule has 0 saturated carbocycles. The number of hydrogen-bond donors (Lipinski definition) is 2. The average Bonchev–Trinajstić information content (AvgIpc) is 3.04. The Hall–Kier alpha value is -3.18. The zero-order chi connectivity index (χ0) is 33.4. The van der Waals surface area contributed by atoms with E-state index in [4.69, 9.17) is 33.2 Å². The van der Waals surface area contributed by atoms with Crippen LogP contribution in [-0.2, 0) is 39.0 Å². The van der Waals surface area contributed by atoms with Crippen molar-refractivity contribution in [3.8, 4) is 11.5 Å². The first-order chi connectivity index (χ1) is 22.3. The summed E-state index contributed by atoms with van der Waals surface area (Å²) in [5.41, 5.74) is -0.00276. The molecule has 3 rings (SSSR count). The molecule has 2 amide bonds. The lowest BCUT2D eigenvalue weighted by atomic mass is 10.0. The maximum absolute atomic E-state index is 12.3. The molecule has 0 saturated heterocycles. The smallest absolute Gasteiger partial charge is 0.367 e. The number of fused-ring (bicyclic) bond motifs is 20. The number of amides is 2. The molecule has 0 spiro atoms. The summed E-state index contributed by atoms with van der Waals surface area (Å²) < 4.78 is 38.6. The highest BCUT2D eigenvalue weighted by Gasteiger charge is 2.22. The molecule has 0 fully saturated rings. The highest BCUT2D eigenvalue weighted by atomic mass is 32.2. The predicted octanol–water partition coefficient (Wildman–Crippen LogP) is 3.25. The van der Waals surface area contributed by atoms with Crippen molar-refractivity contribution in [2.75, 3.05) is 85.8 Å². The van der Waals surface area contributed by atoms with Gasteiger partial charge in [-0.15, -0.1) is 0 Å². The van der Waals surface area contributed by atoms with Crippen molar-refractivity contribution >= 4 is 34.6 Å². The number of thioether (sulfide) groups is 1. The molecule has 2 N–H and O–H groups in total. The Balaban J connectivity index is 1.97. The Labute approximate surface area is 273 Å². The van der Waals surface area contributed by atoms with Gasteiger partial charge in [0, 0.05) is 36.7 Å². The lowest BCUT2D eigenvalue weighted by Gasteiger charge is -2.15. The Kier molecular flexibility index (Phi) is 20.4. The van der Waals surface area contributed by atoms with E-state index in [1.165, 1.54) is 12.1 Å². The first-order valence-corrected chi connectivity index (χ1v) is 16.6. The number of rotatable bonds is 12. The number of carbonyl (C=O) groups is 3. The zero-order valence-electron chi connectivity index (χ0n) is 26.7. The van der Waals surface area contributed by atoms with Crippen LogP contribution < -0.4 is 20.1 Å². The van der Waals surface area contributed by atoms with Gasteiger partial charge in [0.2, 0.25) is 11.8 Å². The van der Waals surface area contributed by atoms with Crippen molar-refractivity contribution in [2.45, 2.75) is 45.3 Å². The fourth-order valence-electron chi connectivity index (χ4n) is 4.13. The first kappa shape index (κ1) is 39.0. The molecular weight excluding hydrogens is 626 g/mol. The third kappa shape index (κ3) is 16.4. The van der Waals surface area contributed by atoms with Gasteiger partial charge in [-0.25, -0.2) is 4.79 Å². The van der Waals surface area contributed by atoms with Crippen LogP contribution in [0.1, 0.15) is 45.1 Å². The van der Waals surface area contributed by atoms with E-state index in [2.05, 4.69) is 10.6 Å². The van der Waals surface area contributed by atoms with E-state index in [-0.39, 0.29) is 85.7 Å². The predicted molar refractivity (Wildman–Crippen MR) is 169 cm³/mol. The van der Waals surface area contributed by atoms with E-state index < -0.39 is 10.2 Å². The molecule has 0 radical (unpaired) electrons. The van der Waals surface area contributed by atoms with Gasteiger partial charge >= 0.3 is 5.30 Å². The maximum atomic E-state index is 12.3. The van der Waals surface area contributed by atoms with E-state index in [1.807, 2.05) is 13.8 Å². The van der Waals surface area contributed by atoms with E-state index in [0.29, 0.717) is 59.2 Å². The second kappa shape index (κ2) is 24.1. The van der Waals surface area contributed by atoms with Gasteiger partial charge in [-0.05, 0) is 37.1 Å². The van der Waals surface area contributed by atoms with Gasteiger partial charge in [-0.1, -0.05) is 13.8 Å². The molecule has 2 aliphatic heterocycles. The minimum Gasteiger partial charge on any atom is -0.490 e. The second-order valence-electron chi connectivity index (χ2n) is 9.98. The molecule has 0 aromatic heterocycles. The molecule has 2 aliphatic rings. The number of ether oxygens (including phenoxy) is 7. The lowest BCUT2D eigenvalue weighted by Crippen LogP contribution is -2.37. The molecule has 2 bridgehead atoms. The molecule has 260 valence electrons. The number of benzene rings is 1. The molecular formula is C30H47N3O12S. The van der Waals surface area contributed by atoms with Gasteiger partial charge in [0.1, 0.15) is 13.2 Å². The third-order valence-corrected chi connectivity index (χ3v) is 7.45. The van der Waals surface area contributed by atoms with E-state index in [1.54, 1.807) is 0 Å². The quantitative estimate of drug-likeness (QED) is 0.109. The lowest BCUT2D eigenvalue weighted by molar-refractivity contribution is -0.385. The Morgan fingerprint density at radius 2 is 1.46 bits per heavy atom. The standard InChI is InChI=1S/C30H47N3O12S/c1-3-23(4-2)29(35)32-8-7-31-28(34)6-5-9-43-26-20-24-22-46-30(36)45-19-17-42-15-13-40-11-10-39-12-14-41-16-18-44-27(26)21-25(24)33(37)38/h20-21,23H,3-19,22H2,1-2H3,(H,31,34)(H,32,35). The number of nitrogens with one attached hydrogen (secondary N) is 2. The first-order valence-electron chi connectivity index (χ1n) is 15.6. The van der Waals surface area contributed by atoms with Crippen molar-refractivity contribution in [3.63, 3.8) is 0 Å². The van der Waals surface area contributed by atoms with Crippen LogP contribution in [0.15, 0.2) is 12.1 Å². The molecule has 16 heteroatoms. The number of carbonyl (C=O) groups excluding carboxylic acids is 3. The molecule has 0 atom stereocenters. The van der Waals surface area contributed by atoms with Gasteiger partial charge in [0.05, 0.1) is 70.5 Å². The summed E-state index contributed by atoms with van der Waals surface area (Å²) in [6.07, 6.45) is 2.05. The van der Waals surface area contributed by atoms with Crippen LogP contribution in [0.5, 0.6) is 11.5 Å². The molecule has 0 aliphatic carbocycles. The minimum absolute atomic E-state index is 0.0182. The van der Waals surface area contributed by atoms with Gasteiger partial charge in [0.15, 0.2) is 11.5 Å². The summed E-state index contributed by atoms with van der Waals surface area (Å²) in [4.78, 5) is 47.9. The Morgan fingerprint density at radius 3 is 2.04 bits per heavy atom. The zero-order valence-corrected chi connectivity index (χ0v) is 27.5. The monoisotopic (exact) mass is 673 g/mol. The fraction of sp³-hybridized carbons (Fsp3) is 0.700. The van der Waals surface area contributed by atoms with Crippen LogP contribution in [0, 0.1) is 16.0 Å². The number of nitro benzene ring substituents is 1. The van der Waals surface area contributed by atoms with Gasteiger partial charge in [0.25, 0.3) is 5.69 Å². The van der Waals surface area contributed by atoms with Gasteiger partial charge < -0.3 is 43.8 Å². The van der Waals surface area contributed by atoms with Crippen molar-refractivity contribution in [1.82, 2.24) is 10.6 Å². The molecule has 15 nitrogen and oxygen atoms in total. The largest absolute Gasteiger partial charge is 0.490 e. The Morgan fingerprint density at radius 1 is 0.891 bits per heavy atom. The van der Waals surface area contributed by atoms with Crippen molar-refractivity contribution < 1.29 is 52.5 Å². The highest BCUT2D eigenvalue weighted by Crippen LogP contribution is 2.37. The number of nitrogens with zero attached hydrogens (tertiary/aromatic N) is 1. The van der Waals surface area contributed by atoms with Crippen LogP contribution in [0.2, 0.25) is 0 Å². The summed E-state index contributed by atoms with van der Waals surface area (Å²) >= 11 is 0.774. The van der Waals surface area contributed by atoms with E-state index >= 15 is 0 Å². The molecule has 46 heavy (non-hydrogen) atoms. The molecule has 1 aromatic rings. The number of hydrogen-bond acceptors (Lipinski definition) is 13. The normalized spacial score (nSPS) is 16.2. The molecule has 2 heterocycles. The Bertz CT molecular complexity index is 1070. The highest BCUT2D eigenvalue weighted by molar-refractivity contribution is 8.12. The van der Waals surface area contributed by atoms with Crippen LogP contribution in [0.4, 0.5) is 10.5 Å². The maximum Gasteiger partial charge on any atom is 0.367 e. The number of nitro groups is 1. The van der Waals surface area contributed by atoms with Gasteiger partial charge in [-0.2, -0.15) is 0 Å². The molecule has 0 unspecified atom stereocenters. The van der Waals surface area contributed by atoms with Crippen molar-refractivity contribution in [1.29, 1.82) is 0 Å². The van der Waals surface area contributed by atoms with Crippen LogP contribution in [-0.4, -0.2) is 108 Å². The third-order valence-electron chi connectivity index (χ3n) is 6.64. The molecule has 1 aromatic carbocycles. The summed E-state index contributed by atoms with van der Waals surface area (Å²) in [7, 11) is 0.